The van der Waals surface area contributed by atoms with Gasteiger partial charge in [0, 0.05) is 4.70 Å². The van der Waals surface area contributed by atoms with Crippen LogP contribution in [0.15, 0.2) is 35.7 Å². The van der Waals surface area contributed by atoms with E-state index < -0.39 is 0 Å². The Balaban J connectivity index is 2.25. The minimum Gasteiger partial charge on any atom is -0.144 e. The van der Waals surface area contributed by atoms with Crippen LogP contribution in [0.1, 0.15) is 25.3 Å². The summed E-state index contributed by atoms with van der Waals surface area (Å²) in [7, 11) is 0. The topological polar surface area (TPSA) is 0 Å². The first kappa shape index (κ1) is 9.47. The number of allylic oxidation sites excluding steroid dienone is 1. The summed E-state index contributed by atoms with van der Waals surface area (Å²) in [6.45, 7) is 2.20. The molecule has 2 rings (SSSR count). The quantitative estimate of drug-likeness (QED) is 0.676. The highest BCUT2D eigenvalue weighted by Gasteiger charge is 1.94. The van der Waals surface area contributed by atoms with Gasteiger partial charge in [-0.3, -0.25) is 0 Å². The molecule has 1 aromatic heterocycles. The number of hydrogen-bond acceptors (Lipinski definition) is 1. The third-order valence-corrected chi connectivity index (χ3v) is 3.14. The fourth-order valence-corrected chi connectivity index (χ4v) is 2.25. The molecule has 0 N–H and O–H groups in total. The van der Waals surface area contributed by atoms with Crippen molar-refractivity contribution < 1.29 is 0 Å². The van der Waals surface area contributed by atoms with Crippen molar-refractivity contribution in [2.45, 2.75) is 19.8 Å². The first-order chi connectivity index (χ1) is 6.90. The van der Waals surface area contributed by atoms with Crippen LogP contribution >= 0.6 is 11.3 Å². The van der Waals surface area contributed by atoms with Crippen molar-refractivity contribution in [2.75, 3.05) is 0 Å². The van der Waals surface area contributed by atoms with Gasteiger partial charge in [0.2, 0.25) is 0 Å². The van der Waals surface area contributed by atoms with Crippen molar-refractivity contribution in [1.82, 2.24) is 0 Å². The van der Waals surface area contributed by atoms with Gasteiger partial charge in [0.15, 0.2) is 0 Å². The van der Waals surface area contributed by atoms with Crippen molar-refractivity contribution in [3.05, 3.63) is 41.3 Å². The Labute approximate surface area is 88.9 Å². The van der Waals surface area contributed by atoms with E-state index in [0.29, 0.717) is 0 Å². The summed E-state index contributed by atoms with van der Waals surface area (Å²) in [6.07, 6.45) is 6.84. The zero-order valence-electron chi connectivity index (χ0n) is 8.36. The third kappa shape index (κ3) is 2.05. The molecule has 0 aliphatic carbocycles. The Morgan fingerprint density at radius 1 is 1.29 bits per heavy atom. The number of rotatable bonds is 3. The molecular formula is C13H14S. The van der Waals surface area contributed by atoms with Gasteiger partial charge in [-0.15, -0.1) is 11.3 Å². The molecule has 0 amide bonds. The highest BCUT2D eigenvalue weighted by molar-refractivity contribution is 7.17. The van der Waals surface area contributed by atoms with Crippen molar-refractivity contribution in [1.29, 1.82) is 0 Å². The van der Waals surface area contributed by atoms with Crippen molar-refractivity contribution >= 4 is 27.5 Å². The monoisotopic (exact) mass is 202 g/mol. The molecule has 0 unspecified atom stereocenters. The van der Waals surface area contributed by atoms with Gasteiger partial charge in [0.05, 0.1) is 0 Å². The summed E-state index contributed by atoms with van der Waals surface area (Å²) < 4.78 is 1.37. The minimum atomic E-state index is 1.17. The van der Waals surface area contributed by atoms with Gasteiger partial charge in [-0.05, 0) is 40.9 Å². The van der Waals surface area contributed by atoms with Gasteiger partial charge in [-0.25, -0.2) is 0 Å². The smallest absolute Gasteiger partial charge is 0.0343 e. The summed E-state index contributed by atoms with van der Waals surface area (Å²) in [4.78, 5) is 0. The predicted molar refractivity (Wildman–Crippen MR) is 65.8 cm³/mol. The Morgan fingerprint density at radius 2 is 2.21 bits per heavy atom. The third-order valence-electron chi connectivity index (χ3n) is 2.24. The Kier molecular flexibility index (Phi) is 3.00. The van der Waals surface area contributed by atoms with Crippen LogP contribution in [-0.4, -0.2) is 0 Å². The molecule has 72 valence electrons. The first-order valence-electron chi connectivity index (χ1n) is 5.04. The fourth-order valence-electron chi connectivity index (χ4n) is 1.47. The number of unbranched alkanes of at least 4 members (excludes halogenated alkanes) is 1. The van der Waals surface area contributed by atoms with E-state index in [2.05, 4.69) is 48.7 Å². The Hall–Kier alpha value is -1.08. The number of benzene rings is 1. The van der Waals surface area contributed by atoms with Gasteiger partial charge in [-0.1, -0.05) is 31.6 Å². The predicted octanol–water partition coefficient (Wildman–Crippen LogP) is 4.71. The van der Waals surface area contributed by atoms with Crippen LogP contribution in [0.4, 0.5) is 0 Å². The van der Waals surface area contributed by atoms with Crippen molar-refractivity contribution in [3.8, 4) is 0 Å². The first-order valence-corrected chi connectivity index (χ1v) is 5.92. The van der Waals surface area contributed by atoms with Crippen LogP contribution in [-0.2, 0) is 0 Å². The second-order valence-corrected chi connectivity index (χ2v) is 4.36. The molecule has 0 radical (unpaired) electrons. The summed E-state index contributed by atoms with van der Waals surface area (Å²) >= 11 is 1.80. The van der Waals surface area contributed by atoms with E-state index in [1.807, 2.05) is 0 Å². The van der Waals surface area contributed by atoms with Gasteiger partial charge < -0.3 is 0 Å². The molecule has 0 bridgehead atoms. The van der Waals surface area contributed by atoms with Crippen LogP contribution < -0.4 is 0 Å². The van der Waals surface area contributed by atoms with E-state index in [4.69, 9.17) is 0 Å². The number of hydrogen-bond donors (Lipinski definition) is 0. The molecule has 14 heavy (non-hydrogen) atoms. The second-order valence-electron chi connectivity index (χ2n) is 3.41. The summed E-state index contributed by atoms with van der Waals surface area (Å²) in [5, 5.41) is 3.50. The van der Waals surface area contributed by atoms with E-state index in [1.54, 1.807) is 11.3 Å². The summed E-state index contributed by atoms with van der Waals surface area (Å²) in [5.41, 5.74) is 1.31. The largest absolute Gasteiger partial charge is 0.144 e. The van der Waals surface area contributed by atoms with Crippen LogP contribution in [0, 0.1) is 0 Å². The maximum atomic E-state index is 2.25. The zero-order chi connectivity index (χ0) is 9.80. The molecular weight excluding hydrogens is 188 g/mol. The lowest BCUT2D eigenvalue weighted by atomic mass is 10.1. The molecule has 0 saturated carbocycles. The molecule has 0 nitrogen and oxygen atoms in total. The molecule has 1 heterocycles. The Bertz CT molecular complexity index is 437. The maximum absolute atomic E-state index is 2.25. The minimum absolute atomic E-state index is 1.17. The average Bonchev–Trinajstić information content (AvgIpc) is 2.65. The molecule has 1 aromatic carbocycles. The average molecular weight is 202 g/mol. The number of fused-ring (bicyclic) bond motifs is 1. The molecule has 0 aliphatic heterocycles. The molecule has 0 spiro atoms. The molecule has 0 aliphatic rings. The summed E-state index contributed by atoms with van der Waals surface area (Å²) in [6, 6.07) is 8.81. The van der Waals surface area contributed by atoms with Crippen molar-refractivity contribution in [2.24, 2.45) is 0 Å². The van der Waals surface area contributed by atoms with Crippen LogP contribution in [0.2, 0.25) is 0 Å². The van der Waals surface area contributed by atoms with Gasteiger partial charge in [0.25, 0.3) is 0 Å². The zero-order valence-corrected chi connectivity index (χ0v) is 9.18. The Morgan fingerprint density at radius 3 is 3.07 bits per heavy atom. The molecule has 0 atom stereocenters. The second kappa shape index (κ2) is 4.43. The van der Waals surface area contributed by atoms with E-state index in [1.165, 1.54) is 28.5 Å². The van der Waals surface area contributed by atoms with E-state index in [9.17, 15) is 0 Å². The number of thiophene rings is 1. The lowest BCUT2D eigenvalue weighted by Crippen LogP contribution is -1.70. The maximum Gasteiger partial charge on any atom is 0.0343 e. The van der Waals surface area contributed by atoms with Crippen LogP contribution in [0.5, 0.6) is 0 Å². The highest BCUT2D eigenvalue weighted by Crippen LogP contribution is 2.22. The standard InChI is InChI=1S/C13H14S/c1-2-3-4-5-11-6-7-13-12(10-11)8-9-14-13/h4-10H,2-3H2,1H3. The van der Waals surface area contributed by atoms with E-state index in [-0.39, 0.29) is 0 Å². The molecule has 2 aromatic rings. The van der Waals surface area contributed by atoms with Crippen LogP contribution in [0.25, 0.3) is 16.2 Å². The lowest BCUT2D eigenvalue weighted by molar-refractivity contribution is 0.962. The highest BCUT2D eigenvalue weighted by atomic mass is 32.1. The van der Waals surface area contributed by atoms with E-state index in [0.717, 1.165) is 0 Å². The van der Waals surface area contributed by atoms with Gasteiger partial charge >= 0.3 is 0 Å². The van der Waals surface area contributed by atoms with Crippen molar-refractivity contribution in [3.63, 3.8) is 0 Å². The van der Waals surface area contributed by atoms with Gasteiger partial charge in [-0.2, -0.15) is 0 Å². The molecule has 0 saturated heterocycles. The summed E-state index contributed by atoms with van der Waals surface area (Å²) in [5.74, 6) is 0. The van der Waals surface area contributed by atoms with Gasteiger partial charge in [0.1, 0.15) is 0 Å². The molecule has 1 heteroatoms. The van der Waals surface area contributed by atoms with E-state index >= 15 is 0 Å². The lowest BCUT2D eigenvalue weighted by Gasteiger charge is -1.93. The van der Waals surface area contributed by atoms with Crippen LogP contribution in [0.3, 0.4) is 0 Å². The normalized spacial score (nSPS) is 11.5. The SMILES string of the molecule is CCCC=Cc1ccc2sccc2c1. The molecule has 0 fully saturated rings. The fraction of sp³-hybridized carbons (Fsp3) is 0.231.